The third-order valence-electron chi connectivity index (χ3n) is 4.36. The molecule has 1 aromatic rings. The van der Waals surface area contributed by atoms with Gasteiger partial charge in [0.25, 0.3) is 0 Å². The van der Waals surface area contributed by atoms with Crippen molar-refractivity contribution in [2.24, 2.45) is 11.8 Å². The number of rotatable bonds is 7. The summed E-state index contributed by atoms with van der Waals surface area (Å²) in [5.74, 6) is 0.367. The maximum Gasteiger partial charge on any atom is 0.226 e. The van der Waals surface area contributed by atoms with Crippen molar-refractivity contribution >= 4 is 35.6 Å². The molecule has 2 amide bonds. The monoisotopic (exact) mass is 373 g/mol. The topological polar surface area (TPSA) is 61.4 Å². The normalized spacial score (nSPS) is 16.3. The second-order valence-electron chi connectivity index (χ2n) is 6.18. The fraction of sp³-hybridized carbons (Fsp3) is 0.647. The van der Waals surface area contributed by atoms with Gasteiger partial charge >= 0.3 is 0 Å². The number of halogens is 1. The number of nitrogens with zero attached hydrogens (tertiary/aromatic N) is 1. The summed E-state index contributed by atoms with van der Waals surface area (Å²) in [6.45, 7) is 4.72. The first-order valence-electron chi connectivity index (χ1n) is 8.35. The van der Waals surface area contributed by atoms with Gasteiger partial charge in [-0.2, -0.15) is 0 Å². The molecule has 2 N–H and O–H groups in total. The lowest BCUT2D eigenvalue weighted by molar-refractivity contribution is -0.138. The van der Waals surface area contributed by atoms with Crippen LogP contribution in [0.2, 0.25) is 0 Å². The molecule has 1 aliphatic rings. The number of amides is 2. The lowest BCUT2D eigenvalue weighted by atomic mass is 9.95. The van der Waals surface area contributed by atoms with Gasteiger partial charge in [0.1, 0.15) is 0 Å². The molecule has 0 spiro atoms. The van der Waals surface area contributed by atoms with Gasteiger partial charge in [0.05, 0.1) is 0 Å². The molecule has 1 atom stereocenters. The van der Waals surface area contributed by atoms with Crippen LogP contribution in [0.5, 0.6) is 0 Å². The maximum absolute atomic E-state index is 12.3. The fourth-order valence-corrected chi connectivity index (χ4v) is 3.68. The minimum atomic E-state index is -0.00354. The Balaban J connectivity index is 0.00000288. The molecule has 1 aromatic heterocycles. The highest BCUT2D eigenvalue weighted by molar-refractivity contribution is 7.09. The average molecular weight is 374 g/mol. The van der Waals surface area contributed by atoms with Gasteiger partial charge < -0.3 is 15.5 Å². The number of piperidine rings is 1. The largest absolute Gasteiger partial charge is 0.355 e. The highest BCUT2D eigenvalue weighted by Gasteiger charge is 2.28. The summed E-state index contributed by atoms with van der Waals surface area (Å²) >= 11 is 1.72. The lowest BCUT2D eigenvalue weighted by Crippen LogP contribution is -2.46. The van der Waals surface area contributed by atoms with E-state index in [-0.39, 0.29) is 36.1 Å². The van der Waals surface area contributed by atoms with Gasteiger partial charge in [-0.25, -0.2) is 0 Å². The van der Waals surface area contributed by atoms with Gasteiger partial charge in [-0.3, -0.25) is 9.59 Å². The van der Waals surface area contributed by atoms with Crippen molar-refractivity contribution in [3.05, 3.63) is 22.4 Å². The smallest absolute Gasteiger partial charge is 0.226 e. The van der Waals surface area contributed by atoms with E-state index < -0.39 is 0 Å². The number of likely N-dealkylation sites (tertiary alicyclic amines) is 1. The molecule has 5 nitrogen and oxygen atoms in total. The number of carbonyl (C=O) groups excluding carboxylic acids is 2. The van der Waals surface area contributed by atoms with Crippen LogP contribution < -0.4 is 10.6 Å². The molecule has 0 bridgehead atoms. The number of hydrogen-bond acceptors (Lipinski definition) is 4. The van der Waals surface area contributed by atoms with Crippen LogP contribution in [0.4, 0.5) is 0 Å². The second-order valence-corrected chi connectivity index (χ2v) is 7.21. The molecule has 0 aliphatic carbocycles. The molecule has 1 aliphatic heterocycles. The SMILES string of the molecule is CNCC(C)C(=O)N1CCC(C(=O)NCCc2cccs2)CC1.Cl. The molecule has 2 rings (SSSR count). The summed E-state index contributed by atoms with van der Waals surface area (Å²) in [6, 6.07) is 4.12. The van der Waals surface area contributed by atoms with Gasteiger partial charge in [0.2, 0.25) is 11.8 Å². The molecule has 0 saturated carbocycles. The van der Waals surface area contributed by atoms with Crippen LogP contribution in [0.25, 0.3) is 0 Å². The van der Waals surface area contributed by atoms with Crippen LogP contribution in [-0.4, -0.2) is 49.9 Å². The number of carbonyl (C=O) groups is 2. The van der Waals surface area contributed by atoms with E-state index in [2.05, 4.69) is 22.1 Å². The minimum absolute atomic E-state index is 0. The van der Waals surface area contributed by atoms with Gasteiger partial charge in [-0.15, -0.1) is 23.7 Å². The first-order valence-corrected chi connectivity index (χ1v) is 9.23. The molecule has 7 heteroatoms. The van der Waals surface area contributed by atoms with Crippen LogP contribution in [0.1, 0.15) is 24.6 Å². The first-order chi connectivity index (χ1) is 11.1. The zero-order chi connectivity index (χ0) is 16.7. The van der Waals surface area contributed by atoms with E-state index in [1.807, 2.05) is 24.9 Å². The third-order valence-corrected chi connectivity index (χ3v) is 5.30. The Bertz CT molecular complexity index is 502. The maximum atomic E-state index is 12.3. The van der Waals surface area contributed by atoms with Crippen LogP contribution >= 0.6 is 23.7 Å². The Labute approximate surface area is 154 Å². The van der Waals surface area contributed by atoms with Gasteiger partial charge in [0.15, 0.2) is 0 Å². The zero-order valence-corrected chi connectivity index (χ0v) is 16.0. The van der Waals surface area contributed by atoms with Gasteiger partial charge in [0, 0.05) is 42.9 Å². The number of thiophene rings is 1. The predicted molar refractivity (Wildman–Crippen MR) is 101 cm³/mol. The highest BCUT2D eigenvalue weighted by atomic mass is 35.5. The van der Waals surface area contributed by atoms with Crippen LogP contribution in [0.15, 0.2) is 17.5 Å². The summed E-state index contributed by atoms with van der Waals surface area (Å²) in [5.41, 5.74) is 0. The molecule has 1 saturated heterocycles. The van der Waals surface area contributed by atoms with Crippen molar-refractivity contribution in [3.8, 4) is 0 Å². The summed E-state index contributed by atoms with van der Waals surface area (Å²) in [4.78, 5) is 27.7. The van der Waals surface area contributed by atoms with Gasteiger partial charge in [-0.1, -0.05) is 13.0 Å². The zero-order valence-electron chi connectivity index (χ0n) is 14.4. The molecular formula is C17H28ClN3O2S. The van der Waals surface area contributed by atoms with Crippen LogP contribution in [-0.2, 0) is 16.0 Å². The van der Waals surface area contributed by atoms with Crippen molar-refractivity contribution in [1.82, 2.24) is 15.5 Å². The first kappa shape index (κ1) is 20.9. The van der Waals surface area contributed by atoms with Crippen LogP contribution in [0.3, 0.4) is 0 Å². The summed E-state index contributed by atoms with van der Waals surface area (Å²) in [5, 5.41) is 8.12. The van der Waals surface area contributed by atoms with E-state index >= 15 is 0 Å². The van der Waals surface area contributed by atoms with E-state index in [0.717, 1.165) is 19.3 Å². The second kappa shape index (κ2) is 10.7. The summed E-state index contributed by atoms with van der Waals surface area (Å²) < 4.78 is 0. The van der Waals surface area contributed by atoms with Crippen molar-refractivity contribution in [2.75, 3.05) is 33.2 Å². The van der Waals surface area contributed by atoms with E-state index in [1.165, 1.54) is 4.88 Å². The van der Waals surface area contributed by atoms with Crippen molar-refractivity contribution in [3.63, 3.8) is 0 Å². The molecule has 1 unspecified atom stereocenters. The quantitative estimate of drug-likeness (QED) is 0.767. The molecule has 24 heavy (non-hydrogen) atoms. The standard InChI is InChI=1S/C17H27N3O2S.ClH/c1-13(12-18-2)17(22)20-9-6-14(7-10-20)16(21)19-8-5-15-4-3-11-23-15;/h3-4,11,13-14,18H,5-10,12H2,1-2H3,(H,19,21);1H. The summed E-state index contributed by atoms with van der Waals surface area (Å²) in [6.07, 6.45) is 2.42. The van der Waals surface area contributed by atoms with E-state index in [0.29, 0.717) is 26.2 Å². The van der Waals surface area contributed by atoms with E-state index in [4.69, 9.17) is 0 Å². The number of hydrogen-bond donors (Lipinski definition) is 2. The molecule has 1 fully saturated rings. The molecular weight excluding hydrogens is 346 g/mol. The number of nitrogens with one attached hydrogen (secondary N) is 2. The fourth-order valence-electron chi connectivity index (χ4n) is 2.98. The molecule has 0 radical (unpaired) electrons. The van der Waals surface area contributed by atoms with E-state index in [9.17, 15) is 9.59 Å². The van der Waals surface area contributed by atoms with E-state index in [1.54, 1.807) is 11.3 Å². The molecule has 2 heterocycles. The van der Waals surface area contributed by atoms with Crippen molar-refractivity contribution in [2.45, 2.75) is 26.2 Å². The third kappa shape index (κ3) is 6.07. The Kier molecular flexibility index (Phi) is 9.33. The Morgan fingerprint density at radius 1 is 1.38 bits per heavy atom. The molecule has 136 valence electrons. The summed E-state index contributed by atoms with van der Waals surface area (Å²) in [7, 11) is 1.86. The Hall–Kier alpha value is -1.11. The Morgan fingerprint density at radius 3 is 2.67 bits per heavy atom. The van der Waals surface area contributed by atoms with Crippen LogP contribution in [0, 0.1) is 11.8 Å². The van der Waals surface area contributed by atoms with Gasteiger partial charge in [-0.05, 0) is 37.8 Å². The Morgan fingerprint density at radius 2 is 2.08 bits per heavy atom. The van der Waals surface area contributed by atoms with Crippen molar-refractivity contribution < 1.29 is 9.59 Å². The average Bonchev–Trinajstić information content (AvgIpc) is 3.08. The molecule has 0 aromatic carbocycles. The minimum Gasteiger partial charge on any atom is -0.355 e. The lowest BCUT2D eigenvalue weighted by Gasteiger charge is -2.33. The predicted octanol–water partition coefficient (Wildman–Crippen LogP) is 1.92. The highest BCUT2D eigenvalue weighted by Crippen LogP contribution is 2.19. The van der Waals surface area contributed by atoms with Crippen molar-refractivity contribution in [1.29, 1.82) is 0 Å².